The van der Waals surface area contributed by atoms with Gasteiger partial charge in [-0.3, -0.25) is 10.0 Å². The van der Waals surface area contributed by atoms with Crippen LogP contribution < -0.4 is 4.74 Å². The maximum Gasteiger partial charge on any atom is 0.233 e. The number of ether oxygens (including phenoxy) is 1. The van der Waals surface area contributed by atoms with E-state index in [2.05, 4.69) is 24.8 Å². The molecule has 0 radical (unpaired) electrons. The van der Waals surface area contributed by atoms with Crippen LogP contribution in [-0.2, 0) is 21.2 Å². The Bertz CT molecular complexity index is 1030. The normalized spacial score (nSPS) is 15.9. The van der Waals surface area contributed by atoms with Crippen LogP contribution in [0, 0.1) is 19.8 Å². The second-order valence-electron chi connectivity index (χ2n) is 8.68. The van der Waals surface area contributed by atoms with E-state index in [4.69, 9.17) is 4.74 Å². The number of hydroxylamine groups is 2. The minimum atomic E-state index is -3.71. The molecule has 0 aromatic heterocycles. The zero-order chi connectivity index (χ0) is 23.3. The van der Waals surface area contributed by atoms with Crippen LogP contribution >= 0.6 is 0 Å². The van der Waals surface area contributed by atoms with Gasteiger partial charge in [0.2, 0.25) is 6.41 Å². The van der Waals surface area contributed by atoms with Gasteiger partial charge in [-0.1, -0.05) is 41.5 Å². The van der Waals surface area contributed by atoms with E-state index < -0.39 is 15.9 Å². The molecular weight excluding hydrogens is 426 g/mol. The molecule has 0 aliphatic heterocycles. The molecule has 1 unspecified atom stereocenters. The maximum atomic E-state index is 13.0. The largest absolute Gasteiger partial charge is 0.489 e. The van der Waals surface area contributed by atoms with Gasteiger partial charge in [-0.25, -0.2) is 13.5 Å². The summed E-state index contributed by atoms with van der Waals surface area (Å²) in [5.74, 6) is 0.148. The highest BCUT2D eigenvalue weighted by Crippen LogP contribution is 2.32. The Hall–Kier alpha value is -2.64. The number of nitrogens with zero attached hydrogens (tertiary/aromatic N) is 1. The zero-order valence-electron chi connectivity index (χ0n) is 18.7. The van der Waals surface area contributed by atoms with E-state index in [9.17, 15) is 18.4 Å². The van der Waals surface area contributed by atoms with E-state index in [1.54, 1.807) is 12.1 Å². The third-order valence-electron chi connectivity index (χ3n) is 5.99. The smallest absolute Gasteiger partial charge is 0.233 e. The highest BCUT2D eigenvalue weighted by Gasteiger charge is 2.33. The molecule has 3 rings (SSSR count). The number of sulfone groups is 1. The molecule has 1 aliphatic rings. The predicted molar refractivity (Wildman–Crippen MR) is 123 cm³/mol. The first-order valence-corrected chi connectivity index (χ1v) is 12.4. The Morgan fingerprint density at radius 1 is 1.12 bits per heavy atom. The lowest BCUT2D eigenvalue weighted by Gasteiger charge is -2.33. The summed E-state index contributed by atoms with van der Waals surface area (Å²) in [6.45, 7) is 8.43. The highest BCUT2D eigenvalue weighted by atomic mass is 32.2. The van der Waals surface area contributed by atoms with E-state index in [1.165, 1.54) is 12.1 Å². The van der Waals surface area contributed by atoms with Crippen molar-refractivity contribution in [1.29, 1.82) is 0 Å². The maximum absolute atomic E-state index is 13.0. The molecule has 7 heteroatoms. The van der Waals surface area contributed by atoms with Crippen molar-refractivity contribution in [1.82, 2.24) is 5.06 Å². The van der Waals surface area contributed by atoms with E-state index in [-0.39, 0.29) is 23.0 Å². The van der Waals surface area contributed by atoms with E-state index in [0.717, 1.165) is 35.1 Å². The summed E-state index contributed by atoms with van der Waals surface area (Å²) in [6.07, 6.45) is 3.25. The molecule has 1 atom stereocenters. The van der Waals surface area contributed by atoms with Gasteiger partial charge >= 0.3 is 0 Å². The number of carbonyl (C=O) groups excluding carboxylic acids is 1. The Balaban J connectivity index is 1.68. The SMILES string of the molecule is C=C1CCC(C(CS(=O)(=O)c2ccc(OCc3cc(C)cc(C)c3)cc2)N(O)C=O)CC1. The molecule has 6 nitrogen and oxygen atoms in total. The second kappa shape index (κ2) is 10.3. The van der Waals surface area contributed by atoms with Crippen molar-refractivity contribution in [3.05, 3.63) is 71.3 Å². The summed E-state index contributed by atoms with van der Waals surface area (Å²) in [4.78, 5) is 11.3. The topological polar surface area (TPSA) is 83.9 Å². The van der Waals surface area contributed by atoms with Crippen molar-refractivity contribution in [2.24, 2.45) is 5.92 Å². The molecule has 1 fully saturated rings. The number of aryl methyl sites for hydroxylation is 2. The molecule has 1 N–H and O–H groups in total. The monoisotopic (exact) mass is 457 g/mol. The number of hydrogen-bond donors (Lipinski definition) is 1. The molecule has 0 heterocycles. The van der Waals surface area contributed by atoms with Crippen molar-refractivity contribution >= 4 is 16.2 Å². The predicted octanol–water partition coefficient (Wildman–Crippen LogP) is 4.62. The molecular formula is C25H31NO5S. The lowest BCUT2D eigenvalue weighted by atomic mass is 9.82. The Labute approximate surface area is 190 Å². The van der Waals surface area contributed by atoms with Crippen LogP contribution in [0.4, 0.5) is 0 Å². The fraction of sp³-hybridized carbons (Fsp3) is 0.400. The van der Waals surface area contributed by atoms with Gasteiger partial charge in [0.1, 0.15) is 12.4 Å². The van der Waals surface area contributed by atoms with Gasteiger partial charge in [-0.15, -0.1) is 0 Å². The van der Waals surface area contributed by atoms with E-state index >= 15 is 0 Å². The molecule has 0 saturated heterocycles. The van der Waals surface area contributed by atoms with E-state index in [1.807, 2.05) is 13.8 Å². The van der Waals surface area contributed by atoms with Gasteiger partial charge in [0, 0.05) is 0 Å². The number of benzene rings is 2. The molecule has 32 heavy (non-hydrogen) atoms. The Morgan fingerprint density at radius 3 is 2.28 bits per heavy atom. The molecule has 1 amide bonds. The van der Waals surface area contributed by atoms with Gasteiger partial charge in [0.05, 0.1) is 16.7 Å². The number of amides is 1. The molecule has 172 valence electrons. The molecule has 2 aromatic carbocycles. The summed E-state index contributed by atoms with van der Waals surface area (Å²) in [5, 5.41) is 10.6. The summed E-state index contributed by atoms with van der Waals surface area (Å²) in [5.41, 5.74) is 4.49. The van der Waals surface area contributed by atoms with Crippen LogP contribution in [-0.4, -0.2) is 36.9 Å². The van der Waals surface area contributed by atoms with Crippen LogP contribution in [0.1, 0.15) is 42.4 Å². The van der Waals surface area contributed by atoms with Gasteiger partial charge in [0.25, 0.3) is 0 Å². The fourth-order valence-electron chi connectivity index (χ4n) is 4.32. The zero-order valence-corrected chi connectivity index (χ0v) is 19.5. The van der Waals surface area contributed by atoms with Crippen LogP contribution in [0.5, 0.6) is 5.75 Å². The van der Waals surface area contributed by atoms with Gasteiger partial charge in [-0.05, 0) is 75.3 Å². The van der Waals surface area contributed by atoms with Crippen molar-refractivity contribution in [2.75, 3.05) is 5.75 Å². The van der Waals surface area contributed by atoms with Gasteiger partial charge < -0.3 is 4.74 Å². The first-order chi connectivity index (χ1) is 15.2. The summed E-state index contributed by atoms with van der Waals surface area (Å²) in [6, 6.07) is 11.7. The molecule has 0 spiro atoms. The lowest BCUT2D eigenvalue weighted by molar-refractivity contribution is -0.163. The lowest BCUT2D eigenvalue weighted by Crippen LogP contribution is -2.43. The second-order valence-corrected chi connectivity index (χ2v) is 10.7. The summed E-state index contributed by atoms with van der Waals surface area (Å²) < 4.78 is 31.9. The minimum absolute atomic E-state index is 0.0918. The van der Waals surface area contributed by atoms with Crippen LogP contribution in [0.3, 0.4) is 0 Å². The van der Waals surface area contributed by atoms with Gasteiger partial charge in [-0.2, -0.15) is 0 Å². The number of hydrogen-bond acceptors (Lipinski definition) is 5. The van der Waals surface area contributed by atoms with Crippen LogP contribution in [0.25, 0.3) is 0 Å². The van der Waals surface area contributed by atoms with Crippen molar-refractivity contribution < 1.29 is 23.2 Å². The standard InChI is InChI=1S/C25H31NO5S/c1-18-4-6-22(7-5-18)25(26(28)17-27)16-32(29,30)24-10-8-23(9-11-24)31-15-21-13-19(2)12-20(3)14-21/h8-14,17,22,25,28H,1,4-7,15-16H2,2-3H3. The third-order valence-corrected chi connectivity index (χ3v) is 7.76. The Morgan fingerprint density at radius 2 is 1.72 bits per heavy atom. The first-order valence-electron chi connectivity index (χ1n) is 10.8. The number of rotatable bonds is 9. The average Bonchev–Trinajstić information content (AvgIpc) is 2.76. The van der Waals surface area contributed by atoms with Gasteiger partial charge in [0.15, 0.2) is 9.84 Å². The average molecular weight is 458 g/mol. The summed E-state index contributed by atoms with van der Waals surface area (Å²) >= 11 is 0. The van der Waals surface area contributed by atoms with Crippen molar-refractivity contribution in [2.45, 2.75) is 57.1 Å². The first kappa shape index (κ1) is 24.0. The molecule has 2 aromatic rings. The third kappa shape index (κ3) is 6.20. The van der Waals surface area contributed by atoms with Crippen LogP contribution in [0.15, 0.2) is 59.5 Å². The van der Waals surface area contributed by atoms with Crippen LogP contribution in [0.2, 0.25) is 0 Å². The fourth-order valence-corrected chi connectivity index (χ4v) is 5.94. The highest BCUT2D eigenvalue weighted by molar-refractivity contribution is 7.91. The summed E-state index contributed by atoms with van der Waals surface area (Å²) in [7, 11) is -3.71. The number of carbonyl (C=O) groups is 1. The quantitative estimate of drug-likeness (QED) is 0.257. The van der Waals surface area contributed by atoms with Crippen molar-refractivity contribution in [3.63, 3.8) is 0 Å². The minimum Gasteiger partial charge on any atom is -0.489 e. The van der Waals surface area contributed by atoms with Crippen molar-refractivity contribution in [3.8, 4) is 5.75 Å². The molecule has 0 bridgehead atoms. The Kier molecular flexibility index (Phi) is 7.74. The molecule has 1 saturated carbocycles. The van der Waals surface area contributed by atoms with E-state index in [0.29, 0.717) is 30.3 Å². The molecule has 1 aliphatic carbocycles. The number of allylic oxidation sites excluding steroid dienone is 1.